The van der Waals surface area contributed by atoms with Crippen LogP contribution in [-0.2, 0) is 0 Å². The van der Waals surface area contributed by atoms with Crippen LogP contribution in [0.15, 0.2) is 152 Å². The van der Waals surface area contributed by atoms with Gasteiger partial charge in [-0.1, -0.05) is 109 Å². The highest BCUT2D eigenvalue weighted by atomic mass is 14.8. The molecule has 0 spiro atoms. The highest BCUT2D eigenvalue weighted by Gasteiger charge is 2.17. The first-order valence-electron chi connectivity index (χ1n) is 16.0. The van der Waals surface area contributed by atoms with E-state index in [2.05, 4.69) is 109 Å². The summed E-state index contributed by atoms with van der Waals surface area (Å²) in [6, 6.07) is 48.1. The van der Waals surface area contributed by atoms with Gasteiger partial charge >= 0.3 is 0 Å². The van der Waals surface area contributed by atoms with Crippen molar-refractivity contribution in [1.82, 2.24) is 24.9 Å². The van der Waals surface area contributed by atoms with Crippen molar-refractivity contribution in [2.75, 3.05) is 0 Å². The number of aromatic nitrogens is 5. The molecule has 0 unspecified atom stereocenters. The molecular formula is C43H25N5. The van der Waals surface area contributed by atoms with E-state index < -0.39 is 0 Å². The predicted octanol–water partition coefficient (Wildman–Crippen LogP) is 10.6. The minimum atomic E-state index is 0.875. The van der Waals surface area contributed by atoms with E-state index in [-0.39, 0.29) is 0 Å². The molecule has 5 nitrogen and oxygen atoms in total. The predicted molar refractivity (Wildman–Crippen MR) is 197 cm³/mol. The fourth-order valence-corrected chi connectivity index (χ4v) is 6.97. The van der Waals surface area contributed by atoms with Gasteiger partial charge in [0, 0.05) is 66.8 Å². The van der Waals surface area contributed by atoms with Crippen LogP contribution in [0.3, 0.4) is 0 Å². The van der Waals surface area contributed by atoms with Gasteiger partial charge in [-0.05, 0) is 30.3 Å². The van der Waals surface area contributed by atoms with Crippen LogP contribution in [-0.4, -0.2) is 24.9 Å². The average Bonchev–Trinajstić information content (AvgIpc) is 3.17. The fraction of sp³-hybridized carbons (Fsp3) is 0. The lowest BCUT2D eigenvalue weighted by Gasteiger charge is -2.14. The summed E-state index contributed by atoms with van der Waals surface area (Å²) in [5.41, 5.74) is 10.3. The first-order valence-corrected chi connectivity index (χ1v) is 16.0. The second-order valence-electron chi connectivity index (χ2n) is 12.1. The summed E-state index contributed by atoms with van der Waals surface area (Å²) in [6.07, 6.45) is 3.81. The number of fused-ring (bicyclic) bond motifs is 10. The molecule has 48 heavy (non-hydrogen) atoms. The largest absolute Gasteiger partial charge is 0.254 e. The molecule has 0 aliphatic heterocycles. The molecule has 0 N–H and O–H groups in total. The Hall–Kier alpha value is -6.59. The maximum atomic E-state index is 5.29. The molecule has 0 atom stereocenters. The van der Waals surface area contributed by atoms with Gasteiger partial charge in [0.05, 0.1) is 44.7 Å². The molecule has 0 saturated carbocycles. The Bertz CT molecular complexity index is 2900. The van der Waals surface area contributed by atoms with E-state index in [9.17, 15) is 0 Å². The van der Waals surface area contributed by atoms with E-state index in [1.807, 2.05) is 42.7 Å². The zero-order valence-electron chi connectivity index (χ0n) is 25.7. The molecule has 5 heterocycles. The summed E-state index contributed by atoms with van der Waals surface area (Å²) in [5.74, 6) is 0. The molecule has 5 aromatic heterocycles. The molecule has 0 aliphatic carbocycles. The van der Waals surface area contributed by atoms with Crippen LogP contribution in [0, 0.1) is 0 Å². The first-order chi connectivity index (χ1) is 23.8. The van der Waals surface area contributed by atoms with Crippen LogP contribution in [0.25, 0.3) is 99.1 Å². The zero-order valence-corrected chi connectivity index (χ0v) is 25.7. The van der Waals surface area contributed by atoms with Crippen LogP contribution < -0.4 is 0 Å². The van der Waals surface area contributed by atoms with E-state index in [4.69, 9.17) is 24.9 Å². The summed E-state index contributed by atoms with van der Waals surface area (Å²) < 4.78 is 0. The third-order valence-electron chi connectivity index (χ3n) is 9.29. The summed E-state index contributed by atoms with van der Waals surface area (Å²) in [5, 5.41) is 7.44. The molecular weight excluding hydrogens is 587 g/mol. The number of benzene rings is 5. The van der Waals surface area contributed by atoms with Crippen LogP contribution >= 0.6 is 0 Å². The van der Waals surface area contributed by atoms with E-state index in [1.54, 1.807) is 0 Å². The quantitative estimate of drug-likeness (QED) is 0.186. The summed E-state index contributed by atoms with van der Waals surface area (Å²) in [6.45, 7) is 0. The second kappa shape index (κ2) is 10.5. The number of pyridine rings is 5. The van der Waals surface area contributed by atoms with Gasteiger partial charge in [-0.3, -0.25) is 9.97 Å². The summed E-state index contributed by atoms with van der Waals surface area (Å²) in [4.78, 5) is 25.3. The van der Waals surface area contributed by atoms with Crippen molar-refractivity contribution in [1.29, 1.82) is 0 Å². The molecule has 10 rings (SSSR count). The lowest BCUT2D eigenvalue weighted by molar-refractivity contribution is 1.36. The van der Waals surface area contributed by atoms with Crippen molar-refractivity contribution in [2.45, 2.75) is 0 Å². The molecule has 0 bridgehead atoms. The van der Waals surface area contributed by atoms with Gasteiger partial charge in [0.2, 0.25) is 0 Å². The third kappa shape index (κ3) is 4.15. The summed E-state index contributed by atoms with van der Waals surface area (Å²) >= 11 is 0. The molecule has 222 valence electrons. The maximum absolute atomic E-state index is 5.29. The number of nitrogens with zero attached hydrogens (tertiary/aromatic N) is 5. The highest BCUT2D eigenvalue weighted by molar-refractivity contribution is 6.23. The monoisotopic (exact) mass is 611 g/mol. The van der Waals surface area contributed by atoms with Gasteiger partial charge in [-0.15, -0.1) is 0 Å². The van der Waals surface area contributed by atoms with Crippen LogP contribution in [0.1, 0.15) is 0 Å². The Kier molecular flexibility index (Phi) is 5.81. The zero-order chi connectivity index (χ0) is 31.6. The number of rotatable bonds is 3. The molecule has 0 amide bonds. The van der Waals surface area contributed by atoms with Gasteiger partial charge in [0.15, 0.2) is 0 Å². The van der Waals surface area contributed by atoms with Gasteiger partial charge in [-0.2, -0.15) is 0 Å². The van der Waals surface area contributed by atoms with Crippen molar-refractivity contribution >= 4 is 65.3 Å². The normalized spacial score (nSPS) is 11.8. The molecule has 5 heteroatoms. The molecule has 0 saturated heterocycles. The lowest BCUT2D eigenvalue weighted by Crippen LogP contribution is -1.94. The lowest BCUT2D eigenvalue weighted by atomic mass is 9.96. The fourth-order valence-electron chi connectivity index (χ4n) is 6.97. The topological polar surface area (TPSA) is 64.5 Å². The Morgan fingerprint density at radius 3 is 1.88 bits per heavy atom. The standard InChI is InChI=1S/C43H25N5/c1-2-8-26(9-3-1)35-21-18-28-15-16-29-19-22-36(47-42(29)41(28)46-35)30-10-6-11-31(24-30)39-38-33-20-17-27-12-7-23-44-40(27)43(33)45-25-34(38)32-13-4-5-14-37(32)48-39/h1-25H. The molecule has 5 aromatic carbocycles. The SMILES string of the molecule is c1ccc(-c2ccc3ccc4ccc(-c5cccc(-c6nc7ccccc7c7cnc8c(ccc9cccnc98)c67)c5)nc4c3n2)cc1. The van der Waals surface area contributed by atoms with Gasteiger partial charge in [-0.25, -0.2) is 15.0 Å². The summed E-state index contributed by atoms with van der Waals surface area (Å²) in [7, 11) is 0. The highest BCUT2D eigenvalue weighted by Crippen LogP contribution is 2.39. The minimum Gasteiger partial charge on any atom is -0.254 e. The van der Waals surface area contributed by atoms with Crippen molar-refractivity contribution < 1.29 is 0 Å². The molecule has 0 radical (unpaired) electrons. The molecule has 0 fully saturated rings. The van der Waals surface area contributed by atoms with Crippen molar-refractivity contribution in [3.05, 3.63) is 152 Å². The van der Waals surface area contributed by atoms with Crippen molar-refractivity contribution in [2.24, 2.45) is 0 Å². The first kappa shape index (κ1) is 26.6. The van der Waals surface area contributed by atoms with Gasteiger partial charge in [0.25, 0.3) is 0 Å². The Balaban J connectivity index is 1.19. The Morgan fingerprint density at radius 1 is 0.375 bits per heavy atom. The smallest absolute Gasteiger partial charge is 0.0972 e. The van der Waals surface area contributed by atoms with E-state index in [0.29, 0.717) is 0 Å². The number of hydrogen-bond donors (Lipinski definition) is 0. The molecule has 10 aromatic rings. The molecule has 0 aliphatic rings. The van der Waals surface area contributed by atoms with Gasteiger partial charge in [0.1, 0.15) is 0 Å². The van der Waals surface area contributed by atoms with E-state index in [0.717, 1.165) is 99.1 Å². The van der Waals surface area contributed by atoms with E-state index >= 15 is 0 Å². The van der Waals surface area contributed by atoms with Crippen LogP contribution in [0.2, 0.25) is 0 Å². The number of hydrogen-bond acceptors (Lipinski definition) is 5. The third-order valence-corrected chi connectivity index (χ3v) is 9.29. The Morgan fingerprint density at radius 2 is 1.04 bits per heavy atom. The number of para-hydroxylation sites is 1. The van der Waals surface area contributed by atoms with Crippen molar-refractivity contribution in [3.8, 4) is 33.8 Å². The average molecular weight is 612 g/mol. The minimum absolute atomic E-state index is 0.875. The van der Waals surface area contributed by atoms with E-state index in [1.165, 1.54) is 0 Å². The van der Waals surface area contributed by atoms with Crippen molar-refractivity contribution in [3.63, 3.8) is 0 Å². The van der Waals surface area contributed by atoms with Gasteiger partial charge < -0.3 is 0 Å². The maximum Gasteiger partial charge on any atom is 0.0972 e. The Labute approximate surface area is 275 Å². The second-order valence-corrected chi connectivity index (χ2v) is 12.1. The van der Waals surface area contributed by atoms with Crippen LogP contribution in [0.5, 0.6) is 0 Å². The van der Waals surface area contributed by atoms with Crippen LogP contribution in [0.4, 0.5) is 0 Å².